The normalized spacial score (nSPS) is 10.1. The molecule has 0 bridgehead atoms. The Hall–Kier alpha value is -3.42. The Morgan fingerprint density at radius 3 is 2.17 bits per heavy atom. The van der Waals surface area contributed by atoms with E-state index in [1.807, 2.05) is 0 Å². The van der Waals surface area contributed by atoms with Crippen molar-refractivity contribution in [3.05, 3.63) is 41.5 Å². The summed E-state index contributed by atoms with van der Waals surface area (Å²) in [4.78, 5) is 23.7. The maximum absolute atomic E-state index is 12.0. The molecule has 0 unspecified atom stereocenters. The number of hydrogen-bond acceptors (Lipinski definition) is 8. The number of carbonyl (C=O) groups excluding carboxylic acids is 2. The van der Waals surface area contributed by atoms with Crippen molar-refractivity contribution in [3.63, 3.8) is 0 Å². The number of phenols is 4. The molecule has 0 heterocycles. The van der Waals surface area contributed by atoms with Crippen molar-refractivity contribution in [2.24, 2.45) is 0 Å². The van der Waals surface area contributed by atoms with Gasteiger partial charge in [0.25, 0.3) is 0 Å². The molecular weight excluding hydrogens is 308 g/mol. The van der Waals surface area contributed by atoms with Crippen LogP contribution in [0.1, 0.15) is 20.7 Å². The summed E-state index contributed by atoms with van der Waals surface area (Å²) in [5, 5.41) is 37.8. The fourth-order valence-electron chi connectivity index (χ4n) is 1.78. The van der Waals surface area contributed by atoms with Gasteiger partial charge in [-0.1, -0.05) is 0 Å². The van der Waals surface area contributed by atoms with Crippen molar-refractivity contribution in [1.82, 2.24) is 0 Å². The van der Waals surface area contributed by atoms with Gasteiger partial charge in [0.1, 0.15) is 17.1 Å². The van der Waals surface area contributed by atoms with Crippen molar-refractivity contribution in [2.75, 3.05) is 7.11 Å². The number of benzene rings is 2. The maximum Gasteiger partial charge on any atom is 0.345 e. The lowest BCUT2D eigenvalue weighted by Gasteiger charge is -2.11. The summed E-state index contributed by atoms with van der Waals surface area (Å²) >= 11 is 0. The molecule has 4 N–H and O–H groups in total. The van der Waals surface area contributed by atoms with Gasteiger partial charge in [-0.2, -0.15) is 0 Å². The molecule has 23 heavy (non-hydrogen) atoms. The lowest BCUT2D eigenvalue weighted by atomic mass is 10.1. The Labute approximate surface area is 129 Å². The van der Waals surface area contributed by atoms with Crippen molar-refractivity contribution < 1.29 is 39.5 Å². The van der Waals surface area contributed by atoms with Crippen LogP contribution in [0.5, 0.6) is 28.7 Å². The van der Waals surface area contributed by atoms with E-state index in [0.29, 0.717) is 0 Å². The first-order valence-electron chi connectivity index (χ1n) is 6.22. The van der Waals surface area contributed by atoms with E-state index in [2.05, 4.69) is 4.74 Å². The number of ether oxygens (including phenoxy) is 2. The standard InChI is InChI=1S/C15H12O8/c1-22-15(21)13-11(19)5-8(16)6-12(13)23-14(20)7-2-3-9(17)10(18)4-7/h2-6,16-19H,1H3. The number of methoxy groups -OCH3 is 1. The third kappa shape index (κ3) is 3.26. The molecule has 0 saturated heterocycles. The topological polar surface area (TPSA) is 134 Å². The van der Waals surface area contributed by atoms with E-state index >= 15 is 0 Å². The second-order valence-electron chi connectivity index (χ2n) is 4.42. The molecule has 120 valence electrons. The summed E-state index contributed by atoms with van der Waals surface area (Å²) in [5.41, 5.74) is -0.569. The number of aromatic hydroxyl groups is 4. The van der Waals surface area contributed by atoms with Crippen LogP contribution in [-0.4, -0.2) is 39.5 Å². The summed E-state index contributed by atoms with van der Waals surface area (Å²) < 4.78 is 9.43. The minimum absolute atomic E-state index is 0.126. The highest BCUT2D eigenvalue weighted by Crippen LogP contribution is 2.34. The zero-order chi connectivity index (χ0) is 17.1. The van der Waals surface area contributed by atoms with Gasteiger partial charge in [0.05, 0.1) is 12.7 Å². The Morgan fingerprint density at radius 1 is 0.870 bits per heavy atom. The molecule has 0 amide bonds. The Bertz CT molecular complexity index is 781. The highest BCUT2D eigenvalue weighted by atomic mass is 16.5. The minimum Gasteiger partial charge on any atom is -0.508 e. The Morgan fingerprint density at radius 2 is 1.57 bits per heavy atom. The summed E-state index contributed by atoms with van der Waals surface area (Å²) in [7, 11) is 1.07. The fourth-order valence-corrected chi connectivity index (χ4v) is 1.78. The van der Waals surface area contributed by atoms with Crippen LogP contribution in [0.25, 0.3) is 0 Å². The van der Waals surface area contributed by atoms with Crippen LogP contribution in [0.3, 0.4) is 0 Å². The van der Waals surface area contributed by atoms with Gasteiger partial charge in [-0.15, -0.1) is 0 Å². The van der Waals surface area contributed by atoms with Gasteiger partial charge in [-0.25, -0.2) is 9.59 Å². The zero-order valence-corrected chi connectivity index (χ0v) is 11.8. The van der Waals surface area contributed by atoms with Gasteiger partial charge >= 0.3 is 11.9 Å². The molecule has 2 rings (SSSR count). The second-order valence-corrected chi connectivity index (χ2v) is 4.42. The van der Waals surface area contributed by atoms with E-state index in [0.717, 1.165) is 31.4 Å². The summed E-state index contributed by atoms with van der Waals surface area (Å²) in [6, 6.07) is 5.04. The molecule has 0 fully saturated rings. The van der Waals surface area contributed by atoms with E-state index in [4.69, 9.17) is 4.74 Å². The van der Waals surface area contributed by atoms with Crippen molar-refractivity contribution in [2.45, 2.75) is 0 Å². The number of phenolic OH excluding ortho intramolecular Hbond substituents is 4. The first kappa shape index (κ1) is 16.0. The molecule has 0 aliphatic rings. The first-order chi connectivity index (χ1) is 10.8. The summed E-state index contributed by atoms with van der Waals surface area (Å²) in [5.74, 6) is -4.42. The quantitative estimate of drug-likeness (QED) is 0.380. The van der Waals surface area contributed by atoms with Gasteiger partial charge in [-0.3, -0.25) is 0 Å². The average molecular weight is 320 g/mol. The predicted molar refractivity (Wildman–Crippen MR) is 75.8 cm³/mol. The molecule has 2 aromatic rings. The number of hydrogen-bond donors (Lipinski definition) is 4. The molecule has 0 atom stereocenters. The fraction of sp³-hybridized carbons (Fsp3) is 0.0667. The highest BCUT2D eigenvalue weighted by Gasteiger charge is 2.23. The van der Waals surface area contributed by atoms with E-state index in [1.54, 1.807) is 0 Å². The Balaban J connectivity index is 2.40. The molecular formula is C15H12O8. The molecule has 0 saturated carbocycles. The second kappa shape index (κ2) is 6.14. The number of esters is 2. The lowest BCUT2D eigenvalue weighted by molar-refractivity contribution is 0.0589. The van der Waals surface area contributed by atoms with Gasteiger partial charge in [0.15, 0.2) is 17.2 Å². The molecule has 0 aromatic heterocycles. The van der Waals surface area contributed by atoms with Crippen LogP contribution < -0.4 is 4.74 Å². The van der Waals surface area contributed by atoms with Crippen molar-refractivity contribution >= 4 is 11.9 Å². The molecule has 0 spiro atoms. The van der Waals surface area contributed by atoms with Crippen LogP contribution in [0.4, 0.5) is 0 Å². The molecule has 0 aliphatic heterocycles. The van der Waals surface area contributed by atoms with Gasteiger partial charge in [0.2, 0.25) is 0 Å². The van der Waals surface area contributed by atoms with E-state index < -0.39 is 46.2 Å². The largest absolute Gasteiger partial charge is 0.508 e. The number of carbonyl (C=O) groups is 2. The minimum atomic E-state index is -0.990. The predicted octanol–water partition coefficient (Wildman–Crippen LogP) is 1.51. The highest BCUT2D eigenvalue weighted by molar-refractivity contribution is 5.98. The molecule has 2 aromatic carbocycles. The maximum atomic E-state index is 12.0. The van der Waals surface area contributed by atoms with Crippen molar-refractivity contribution in [1.29, 1.82) is 0 Å². The van der Waals surface area contributed by atoms with E-state index in [1.165, 1.54) is 6.07 Å². The molecule has 8 heteroatoms. The zero-order valence-electron chi connectivity index (χ0n) is 11.8. The monoisotopic (exact) mass is 320 g/mol. The van der Waals surface area contributed by atoms with Crippen LogP contribution in [0, 0.1) is 0 Å². The third-order valence-electron chi connectivity index (χ3n) is 2.87. The van der Waals surface area contributed by atoms with Crippen LogP contribution >= 0.6 is 0 Å². The van der Waals surface area contributed by atoms with E-state index in [-0.39, 0.29) is 5.56 Å². The molecule has 8 nitrogen and oxygen atoms in total. The smallest absolute Gasteiger partial charge is 0.345 e. The van der Waals surface area contributed by atoms with Gasteiger partial charge < -0.3 is 29.9 Å². The first-order valence-corrected chi connectivity index (χ1v) is 6.22. The van der Waals surface area contributed by atoms with Crippen LogP contribution in [0.2, 0.25) is 0 Å². The van der Waals surface area contributed by atoms with Crippen LogP contribution in [0.15, 0.2) is 30.3 Å². The average Bonchev–Trinajstić information content (AvgIpc) is 2.48. The van der Waals surface area contributed by atoms with E-state index in [9.17, 15) is 30.0 Å². The van der Waals surface area contributed by atoms with Crippen molar-refractivity contribution in [3.8, 4) is 28.7 Å². The molecule has 0 aliphatic carbocycles. The SMILES string of the molecule is COC(=O)c1c(O)cc(O)cc1OC(=O)c1ccc(O)c(O)c1. The Kier molecular flexibility index (Phi) is 4.26. The number of rotatable bonds is 3. The molecule has 0 radical (unpaired) electrons. The summed E-state index contributed by atoms with van der Waals surface area (Å²) in [6.07, 6.45) is 0. The van der Waals surface area contributed by atoms with Crippen LogP contribution in [-0.2, 0) is 4.74 Å². The third-order valence-corrected chi connectivity index (χ3v) is 2.87. The lowest BCUT2D eigenvalue weighted by Crippen LogP contribution is -2.12. The van der Waals surface area contributed by atoms with Gasteiger partial charge in [-0.05, 0) is 18.2 Å². The van der Waals surface area contributed by atoms with Gasteiger partial charge in [0, 0.05) is 12.1 Å². The summed E-state index contributed by atoms with van der Waals surface area (Å²) in [6.45, 7) is 0.